The number of hydrogen-bond donors (Lipinski definition) is 0. The molecule has 14 heavy (non-hydrogen) atoms. The smallest absolute Gasteiger partial charge is 0.0145 e. The van der Waals surface area contributed by atoms with Gasteiger partial charge in [-0.05, 0) is 37.5 Å². The van der Waals surface area contributed by atoms with Gasteiger partial charge in [-0.1, -0.05) is 55.5 Å². The topological polar surface area (TPSA) is 0 Å². The Hall–Kier alpha value is 0.480. The first kappa shape index (κ1) is 12.5. The van der Waals surface area contributed by atoms with E-state index in [1.807, 2.05) is 0 Å². The molecule has 0 aromatic carbocycles. The first-order valence-electron chi connectivity index (χ1n) is 6.36. The number of alkyl halides is 1. The summed E-state index contributed by atoms with van der Waals surface area (Å²) in [6.07, 6.45) is 11.5. The molecule has 0 aromatic heterocycles. The molecule has 0 spiro atoms. The molecule has 1 rings (SSSR count). The van der Waals surface area contributed by atoms with E-state index in [4.69, 9.17) is 0 Å². The van der Waals surface area contributed by atoms with Crippen molar-refractivity contribution in [1.82, 2.24) is 0 Å². The molecule has 1 heteroatoms. The normalized spacial score (nSPS) is 30.2. The van der Waals surface area contributed by atoms with Gasteiger partial charge in [0, 0.05) is 4.83 Å². The highest BCUT2D eigenvalue weighted by molar-refractivity contribution is 9.09. The molecular formula is C13H25Br. The molecule has 0 aromatic rings. The molecule has 0 nitrogen and oxygen atoms in total. The predicted molar refractivity (Wildman–Crippen MR) is 68.0 cm³/mol. The quantitative estimate of drug-likeness (QED) is 0.600. The zero-order valence-corrected chi connectivity index (χ0v) is 11.4. The van der Waals surface area contributed by atoms with Gasteiger partial charge in [-0.15, -0.1) is 0 Å². The number of rotatable bonds is 5. The van der Waals surface area contributed by atoms with Crippen LogP contribution in [0.1, 0.15) is 65.2 Å². The summed E-state index contributed by atoms with van der Waals surface area (Å²) in [4.78, 5) is 0.782. The SMILES string of the molecule is CCCC(Br)CCC1CCCC(C)C1. The van der Waals surface area contributed by atoms with E-state index < -0.39 is 0 Å². The van der Waals surface area contributed by atoms with Crippen LogP contribution in [0, 0.1) is 11.8 Å². The molecule has 3 atom stereocenters. The van der Waals surface area contributed by atoms with Crippen molar-refractivity contribution in [2.45, 2.75) is 70.0 Å². The molecule has 1 aliphatic carbocycles. The van der Waals surface area contributed by atoms with Crippen LogP contribution >= 0.6 is 15.9 Å². The van der Waals surface area contributed by atoms with Crippen LogP contribution in [-0.4, -0.2) is 4.83 Å². The van der Waals surface area contributed by atoms with Gasteiger partial charge in [-0.25, -0.2) is 0 Å². The van der Waals surface area contributed by atoms with E-state index in [1.165, 1.54) is 51.4 Å². The second-order valence-corrected chi connectivity index (χ2v) is 6.40. The molecule has 0 N–H and O–H groups in total. The van der Waals surface area contributed by atoms with E-state index in [-0.39, 0.29) is 0 Å². The van der Waals surface area contributed by atoms with E-state index in [9.17, 15) is 0 Å². The van der Waals surface area contributed by atoms with Crippen LogP contribution in [-0.2, 0) is 0 Å². The fraction of sp³-hybridized carbons (Fsp3) is 1.00. The summed E-state index contributed by atoms with van der Waals surface area (Å²) < 4.78 is 0. The van der Waals surface area contributed by atoms with E-state index in [1.54, 1.807) is 0 Å². The summed E-state index contributed by atoms with van der Waals surface area (Å²) >= 11 is 3.78. The highest BCUT2D eigenvalue weighted by atomic mass is 79.9. The molecule has 0 heterocycles. The summed E-state index contributed by atoms with van der Waals surface area (Å²) in [5.74, 6) is 2.03. The molecule has 84 valence electrons. The van der Waals surface area contributed by atoms with Crippen molar-refractivity contribution in [3.05, 3.63) is 0 Å². The molecule has 3 unspecified atom stereocenters. The zero-order chi connectivity index (χ0) is 10.4. The largest absolute Gasteiger partial charge is 0.0891 e. The van der Waals surface area contributed by atoms with Crippen molar-refractivity contribution < 1.29 is 0 Å². The highest BCUT2D eigenvalue weighted by Gasteiger charge is 2.19. The van der Waals surface area contributed by atoms with Crippen LogP contribution in [0.25, 0.3) is 0 Å². The van der Waals surface area contributed by atoms with Gasteiger partial charge in [0.15, 0.2) is 0 Å². The summed E-state index contributed by atoms with van der Waals surface area (Å²) in [6.45, 7) is 4.70. The van der Waals surface area contributed by atoms with Gasteiger partial charge in [0.25, 0.3) is 0 Å². The summed E-state index contributed by atoms with van der Waals surface area (Å²) in [5.41, 5.74) is 0. The van der Waals surface area contributed by atoms with Gasteiger partial charge in [0.2, 0.25) is 0 Å². The molecule has 1 fully saturated rings. The Balaban J connectivity index is 2.10. The average molecular weight is 261 g/mol. The Morgan fingerprint density at radius 3 is 2.71 bits per heavy atom. The van der Waals surface area contributed by atoms with Crippen molar-refractivity contribution in [3.8, 4) is 0 Å². The van der Waals surface area contributed by atoms with Crippen LogP contribution in [0.2, 0.25) is 0 Å². The maximum atomic E-state index is 3.78. The lowest BCUT2D eigenvalue weighted by molar-refractivity contribution is 0.265. The fourth-order valence-electron chi connectivity index (χ4n) is 2.70. The summed E-state index contributed by atoms with van der Waals surface area (Å²) in [7, 11) is 0. The number of hydrogen-bond acceptors (Lipinski definition) is 0. The number of halogens is 1. The monoisotopic (exact) mass is 260 g/mol. The lowest BCUT2D eigenvalue weighted by Crippen LogP contribution is -2.14. The van der Waals surface area contributed by atoms with Gasteiger partial charge < -0.3 is 0 Å². The molecule has 0 saturated heterocycles. The van der Waals surface area contributed by atoms with Crippen LogP contribution in [0.4, 0.5) is 0 Å². The van der Waals surface area contributed by atoms with Crippen molar-refractivity contribution >= 4 is 15.9 Å². The van der Waals surface area contributed by atoms with Gasteiger partial charge >= 0.3 is 0 Å². The third kappa shape index (κ3) is 4.82. The maximum absolute atomic E-state index is 3.78. The van der Waals surface area contributed by atoms with Crippen molar-refractivity contribution in [2.24, 2.45) is 11.8 Å². The predicted octanol–water partition coefficient (Wildman–Crippen LogP) is 5.16. The lowest BCUT2D eigenvalue weighted by atomic mass is 9.80. The Labute approximate surface area is 98.0 Å². The third-order valence-electron chi connectivity index (χ3n) is 3.54. The molecule has 0 amide bonds. The second kappa shape index (κ2) is 6.87. The van der Waals surface area contributed by atoms with Crippen molar-refractivity contribution in [1.29, 1.82) is 0 Å². The minimum atomic E-state index is 0.782. The molecule has 0 radical (unpaired) electrons. The minimum absolute atomic E-state index is 0.782. The van der Waals surface area contributed by atoms with Gasteiger partial charge in [0.1, 0.15) is 0 Å². The third-order valence-corrected chi connectivity index (χ3v) is 4.45. The van der Waals surface area contributed by atoms with E-state index in [0.29, 0.717) is 0 Å². The summed E-state index contributed by atoms with van der Waals surface area (Å²) in [5, 5.41) is 0. The van der Waals surface area contributed by atoms with Crippen LogP contribution in [0.3, 0.4) is 0 Å². The van der Waals surface area contributed by atoms with Gasteiger partial charge in [-0.2, -0.15) is 0 Å². The highest BCUT2D eigenvalue weighted by Crippen LogP contribution is 2.32. The Kier molecular flexibility index (Phi) is 6.16. The average Bonchev–Trinajstić information content (AvgIpc) is 2.15. The van der Waals surface area contributed by atoms with E-state index in [2.05, 4.69) is 29.8 Å². The Bertz CT molecular complexity index is 144. The van der Waals surface area contributed by atoms with E-state index in [0.717, 1.165) is 16.7 Å². The van der Waals surface area contributed by atoms with E-state index >= 15 is 0 Å². The van der Waals surface area contributed by atoms with Gasteiger partial charge in [0.05, 0.1) is 0 Å². The Morgan fingerprint density at radius 2 is 2.07 bits per heavy atom. The first-order chi connectivity index (χ1) is 6.72. The fourth-order valence-corrected chi connectivity index (χ4v) is 3.42. The van der Waals surface area contributed by atoms with Crippen molar-refractivity contribution in [3.63, 3.8) is 0 Å². The van der Waals surface area contributed by atoms with Crippen molar-refractivity contribution in [2.75, 3.05) is 0 Å². The molecule has 1 aliphatic rings. The van der Waals surface area contributed by atoms with Crippen LogP contribution in [0.5, 0.6) is 0 Å². The van der Waals surface area contributed by atoms with Crippen LogP contribution in [0.15, 0.2) is 0 Å². The maximum Gasteiger partial charge on any atom is 0.0145 e. The molecular weight excluding hydrogens is 236 g/mol. The molecule has 0 aliphatic heterocycles. The standard InChI is InChI=1S/C13H25Br/c1-3-5-13(14)9-8-12-7-4-6-11(2)10-12/h11-13H,3-10H2,1-2H3. The minimum Gasteiger partial charge on any atom is -0.0891 e. The first-order valence-corrected chi connectivity index (χ1v) is 7.28. The van der Waals surface area contributed by atoms with Gasteiger partial charge in [-0.3, -0.25) is 0 Å². The van der Waals surface area contributed by atoms with Crippen LogP contribution < -0.4 is 0 Å². The lowest BCUT2D eigenvalue weighted by Gasteiger charge is -2.27. The zero-order valence-electron chi connectivity index (χ0n) is 9.77. The molecule has 1 saturated carbocycles. The second-order valence-electron chi connectivity index (χ2n) is 5.10. The molecule has 0 bridgehead atoms. The Morgan fingerprint density at radius 1 is 1.29 bits per heavy atom. The summed E-state index contributed by atoms with van der Waals surface area (Å²) in [6, 6.07) is 0.